The number of halogens is 3. The van der Waals surface area contributed by atoms with Gasteiger partial charge in [-0.05, 0) is 48.5 Å². The van der Waals surface area contributed by atoms with E-state index in [0.29, 0.717) is 11.7 Å². The molecule has 2 aromatic heterocycles. The highest BCUT2D eigenvalue weighted by Crippen LogP contribution is 2.58. The van der Waals surface area contributed by atoms with Gasteiger partial charge in [0.1, 0.15) is 39.2 Å². The molecular weight excluding hydrogens is 524 g/mol. The topological polar surface area (TPSA) is 12.9 Å². The predicted octanol–water partition coefficient (Wildman–Crippen LogP) is 3.59. The van der Waals surface area contributed by atoms with Crippen LogP contribution < -0.4 is 32.9 Å². The van der Waals surface area contributed by atoms with Crippen molar-refractivity contribution in [1.29, 1.82) is 0 Å². The van der Waals surface area contributed by atoms with Crippen LogP contribution in [-0.2, 0) is 6.16 Å². The standard InChI is InChI=1S/C26H19ClFNPS.BrH/c27-26-24(28)25-23(31-26)17-16-19(29-25)18-30(20-10-4-1-5-11-20,21-12-6-2-7-13-21)22-14-8-3-9-15-22;/h1-17H,18H2;1H/q+1;/p-1. The molecule has 32 heavy (non-hydrogen) atoms. The van der Waals surface area contributed by atoms with Crippen molar-refractivity contribution >= 4 is 56.3 Å². The van der Waals surface area contributed by atoms with E-state index < -0.39 is 13.1 Å². The first kappa shape index (κ1) is 23.1. The number of fused-ring (bicyclic) bond motifs is 1. The number of benzene rings is 3. The van der Waals surface area contributed by atoms with Gasteiger partial charge >= 0.3 is 0 Å². The summed E-state index contributed by atoms with van der Waals surface area (Å²) in [7, 11) is -2.08. The fourth-order valence-corrected chi connectivity index (χ4v) is 9.29. The molecule has 0 fully saturated rings. The van der Waals surface area contributed by atoms with Crippen LogP contribution in [0.1, 0.15) is 5.69 Å². The molecule has 1 nitrogen and oxygen atoms in total. The van der Waals surface area contributed by atoms with E-state index in [1.54, 1.807) is 0 Å². The zero-order chi connectivity index (χ0) is 21.3. The van der Waals surface area contributed by atoms with Crippen molar-refractivity contribution in [1.82, 2.24) is 4.98 Å². The first-order valence-corrected chi connectivity index (χ1v) is 13.1. The number of thiophene rings is 1. The van der Waals surface area contributed by atoms with Gasteiger partial charge in [-0.25, -0.2) is 9.37 Å². The number of hydrogen-bond donors (Lipinski definition) is 0. The monoisotopic (exact) mass is 541 g/mol. The molecule has 0 saturated carbocycles. The Morgan fingerprint density at radius 3 is 1.66 bits per heavy atom. The Kier molecular flexibility index (Phi) is 7.07. The molecule has 0 saturated heterocycles. The highest BCUT2D eigenvalue weighted by atomic mass is 79.9. The summed E-state index contributed by atoms with van der Waals surface area (Å²) >= 11 is 7.27. The van der Waals surface area contributed by atoms with Crippen LogP contribution >= 0.6 is 30.2 Å². The van der Waals surface area contributed by atoms with E-state index in [9.17, 15) is 4.39 Å². The summed E-state index contributed by atoms with van der Waals surface area (Å²) in [5.41, 5.74) is 1.23. The predicted molar refractivity (Wildman–Crippen MR) is 133 cm³/mol. The van der Waals surface area contributed by atoms with Crippen molar-refractivity contribution < 1.29 is 21.4 Å². The third-order valence-electron chi connectivity index (χ3n) is 5.49. The minimum atomic E-state index is -2.08. The molecule has 0 aliphatic rings. The van der Waals surface area contributed by atoms with Crippen LogP contribution in [0.3, 0.4) is 0 Å². The highest BCUT2D eigenvalue weighted by molar-refractivity contribution is 7.95. The molecule has 0 radical (unpaired) electrons. The van der Waals surface area contributed by atoms with E-state index in [1.807, 2.05) is 30.3 Å². The van der Waals surface area contributed by atoms with E-state index >= 15 is 0 Å². The lowest BCUT2D eigenvalue weighted by Crippen LogP contribution is -3.00. The highest BCUT2D eigenvalue weighted by Gasteiger charge is 2.45. The van der Waals surface area contributed by atoms with Crippen LogP contribution in [0, 0.1) is 5.82 Å². The van der Waals surface area contributed by atoms with Crippen molar-refractivity contribution in [2.75, 3.05) is 0 Å². The molecule has 160 valence electrons. The lowest BCUT2D eigenvalue weighted by atomic mass is 10.3. The molecule has 0 atom stereocenters. The van der Waals surface area contributed by atoms with Crippen LogP contribution in [0.2, 0.25) is 4.34 Å². The van der Waals surface area contributed by atoms with Gasteiger partial charge in [0.15, 0.2) is 5.82 Å². The maximum atomic E-state index is 14.6. The molecule has 0 aliphatic carbocycles. The summed E-state index contributed by atoms with van der Waals surface area (Å²) in [5, 5.41) is 3.83. The van der Waals surface area contributed by atoms with Crippen LogP contribution in [0.15, 0.2) is 103 Å². The molecule has 0 spiro atoms. The Morgan fingerprint density at radius 1 is 0.719 bits per heavy atom. The van der Waals surface area contributed by atoms with Gasteiger partial charge in [-0.2, -0.15) is 0 Å². The third-order valence-corrected chi connectivity index (χ3v) is 11.1. The summed E-state index contributed by atoms with van der Waals surface area (Å²) < 4.78 is 15.5. The van der Waals surface area contributed by atoms with Gasteiger partial charge in [0, 0.05) is 0 Å². The van der Waals surface area contributed by atoms with Gasteiger partial charge in [-0.1, -0.05) is 66.2 Å². The smallest absolute Gasteiger partial charge is 0.178 e. The van der Waals surface area contributed by atoms with Gasteiger partial charge in [0.2, 0.25) is 0 Å². The molecule has 5 aromatic rings. The van der Waals surface area contributed by atoms with Gasteiger partial charge in [-0.15, -0.1) is 11.3 Å². The van der Waals surface area contributed by atoms with Gasteiger partial charge in [0.25, 0.3) is 0 Å². The Labute approximate surface area is 207 Å². The fourth-order valence-electron chi connectivity index (χ4n) is 4.06. The van der Waals surface area contributed by atoms with Crippen LogP contribution in [-0.4, -0.2) is 4.98 Å². The van der Waals surface area contributed by atoms with E-state index in [2.05, 4.69) is 72.8 Å². The maximum Gasteiger partial charge on any atom is 0.178 e. The molecule has 3 aromatic carbocycles. The maximum absolute atomic E-state index is 14.6. The van der Waals surface area contributed by atoms with Gasteiger partial charge in [-0.3, -0.25) is 0 Å². The van der Waals surface area contributed by atoms with E-state index in [-0.39, 0.29) is 21.3 Å². The van der Waals surface area contributed by atoms with Crippen molar-refractivity contribution in [2.45, 2.75) is 6.16 Å². The van der Waals surface area contributed by atoms with Crippen molar-refractivity contribution in [3.8, 4) is 0 Å². The SMILES string of the molecule is Fc1c(Cl)sc2ccc(C[P+](c3ccccc3)(c3ccccc3)c3ccccc3)nc12.[Br-]. The zero-order valence-electron chi connectivity index (χ0n) is 17.0. The van der Waals surface area contributed by atoms with Crippen LogP contribution in [0.5, 0.6) is 0 Å². The number of rotatable bonds is 5. The van der Waals surface area contributed by atoms with E-state index in [4.69, 9.17) is 16.6 Å². The van der Waals surface area contributed by atoms with Crippen molar-refractivity contribution in [3.05, 3.63) is 119 Å². The molecular formula is C26H19BrClFNPS. The first-order valence-electron chi connectivity index (χ1n) is 9.97. The van der Waals surface area contributed by atoms with E-state index in [1.165, 1.54) is 27.3 Å². The quantitative estimate of drug-likeness (QED) is 0.310. The normalized spacial score (nSPS) is 11.3. The molecule has 0 N–H and O–H groups in total. The molecule has 0 unspecified atom stereocenters. The van der Waals surface area contributed by atoms with Crippen LogP contribution in [0.25, 0.3) is 10.2 Å². The molecule has 0 bridgehead atoms. The summed E-state index contributed by atoms with van der Waals surface area (Å²) in [6, 6.07) is 35.8. The molecule has 2 heterocycles. The Balaban J connectivity index is 0.00000245. The molecule has 6 heteroatoms. The first-order chi connectivity index (χ1) is 15.2. The minimum absolute atomic E-state index is 0. The summed E-state index contributed by atoms with van der Waals surface area (Å²) in [6.45, 7) is 0. The zero-order valence-corrected chi connectivity index (χ0v) is 21.0. The summed E-state index contributed by atoms with van der Waals surface area (Å²) in [4.78, 5) is 4.74. The summed E-state index contributed by atoms with van der Waals surface area (Å²) in [5.74, 6) is -0.424. The average Bonchev–Trinajstić information content (AvgIpc) is 3.12. The number of nitrogens with zero attached hydrogens (tertiary/aromatic N) is 1. The van der Waals surface area contributed by atoms with Crippen molar-refractivity contribution in [2.24, 2.45) is 0 Å². The number of aromatic nitrogens is 1. The van der Waals surface area contributed by atoms with Crippen LogP contribution in [0.4, 0.5) is 4.39 Å². The van der Waals surface area contributed by atoms with Crippen molar-refractivity contribution in [3.63, 3.8) is 0 Å². The number of pyridine rings is 1. The summed E-state index contributed by atoms with van der Waals surface area (Å²) in [6.07, 6.45) is 0.702. The molecule has 0 aliphatic heterocycles. The molecule has 0 amide bonds. The second-order valence-corrected chi connectivity index (χ2v) is 12.5. The average molecular weight is 543 g/mol. The second kappa shape index (κ2) is 9.80. The van der Waals surface area contributed by atoms with Gasteiger partial charge in [0.05, 0.1) is 10.4 Å². The largest absolute Gasteiger partial charge is 1.00 e. The van der Waals surface area contributed by atoms with E-state index in [0.717, 1.165) is 10.4 Å². The second-order valence-electron chi connectivity index (χ2n) is 7.31. The Morgan fingerprint density at radius 2 is 1.19 bits per heavy atom. The minimum Gasteiger partial charge on any atom is -1.00 e. The lowest BCUT2D eigenvalue weighted by Gasteiger charge is -2.27. The Hall–Kier alpha value is -2.10. The number of hydrogen-bond acceptors (Lipinski definition) is 2. The lowest BCUT2D eigenvalue weighted by molar-refractivity contribution is -0.00000642. The third kappa shape index (κ3) is 4.13. The molecule has 5 rings (SSSR count). The Bertz CT molecular complexity index is 1230. The van der Waals surface area contributed by atoms with Gasteiger partial charge < -0.3 is 17.0 Å². The fraction of sp³-hybridized carbons (Fsp3) is 0.0385.